The Bertz CT molecular complexity index is 1020. The van der Waals surface area contributed by atoms with Gasteiger partial charge in [0.05, 0.1) is 19.6 Å². The molecule has 0 saturated carbocycles. The molecule has 33 heavy (non-hydrogen) atoms. The molecule has 5 amide bonds. The number of carbonyl (C=O) groups is 4. The summed E-state index contributed by atoms with van der Waals surface area (Å²) in [5.41, 5.74) is 1.85. The average Bonchev–Trinajstić information content (AvgIpc) is 3.13. The Morgan fingerprint density at radius 1 is 0.970 bits per heavy atom. The molecule has 172 valence electrons. The summed E-state index contributed by atoms with van der Waals surface area (Å²) in [6.07, 6.45) is 1.47. The van der Waals surface area contributed by atoms with Crippen LogP contribution in [0.4, 0.5) is 10.5 Å². The summed E-state index contributed by atoms with van der Waals surface area (Å²) in [5.74, 6) is -0.588. The van der Waals surface area contributed by atoms with E-state index in [1.807, 2.05) is 30.3 Å². The molecule has 2 saturated heterocycles. The standard InChI is InChI=1S/C24H27N5O4/c30-21(26-18-7-2-1-3-8-18)16-28-12-10-19(11-13-28)27-23(32)20-9-5-4-6-17(20)15-29-22(31)14-25-24(29)33/h1-9,19H,10-16H2,(H,25,33)(H,26,30)(H,27,32). The molecule has 2 aromatic rings. The van der Waals surface area contributed by atoms with Crippen LogP contribution in [0.5, 0.6) is 0 Å². The smallest absolute Gasteiger partial charge is 0.324 e. The second-order valence-corrected chi connectivity index (χ2v) is 8.23. The van der Waals surface area contributed by atoms with Crippen LogP contribution in [0.3, 0.4) is 0 Å². The molecule has 2 fully saturated rings. The van der Waals surface area contributed by atoms with Crippen LogP contribution in [-0.2, 0) is 16.1 Å². The van der Waals surface area contributed by atoms with Crippen molar-refractivity contribution < 1.29 is 19.2 Å². The number of benzene rings is 2. The molecule has 2 aromatic carbocycles. The zero-order valence-electron chi connectivity index (χ0n) is 18.3. The maximum absolute atomic E-state index is 12.9. The normalized spacial score (nSPS) is 17.0. The van der Waals surface area contributed by atoms with Crippen LogP contribution in [0.2, 0.25) is 0 Å². The van der Waals surface area contributed by atoms with Gasteiger partial charge in [0, 0.05) is 30.4 Å². The molecule has 2 aliphatic rings. The first-order valence-electron chi connectivity index (χ1n) is 11.0. The lowest BCUT2D eigenvalue weighted by Gasteiger charge is -2.32. The highest BCUT2D eigenvalue weighted by atomic mass is 16.2. The van der Waals surface area contributed by atoms with Crippen molar-refractivity contribution in [3.05, 3.63) is 65.7 Å². The number of nitrogens with zero attached hydrogens (tertiary/aromatic N) is 2. The van der Waals surface area contributed by atoms with Crippen LogP contribution in [0.25, 0.3) is 0 Å². The highest BCUT2D eigenvalue weighted by Gasteiger charge is 2.30. The van der Waals surface area contributed by atoms with Crippen molar-refractivity contribution in [2.75, 3.05) is 31.5 Å². The van der Waals surface area contributed by atoms with Crippen LogP contribution >= 0.6 is 0 Å². The minimum Gasteiger partial charge on any atom is -0.349 e. The average molecular weight is 450 g/mol. The third kappa shape index (κ3) is 5.75. The second kappa shape index (κ2) is 10.3. The molecule has 0 aliphatic carbocycles. The van der Waals surface area contributed by atoms with E-state index in [0.29, 0.717) is 30.8 Å². The van der Waals surface area contributed by atoms with Gasteiger partial charge in [0.2, 0.25) is 11.8 Å². The number of likely N-dealkylation sites (tertiary alicyclic amines) is 1. The van der Waals surface area contributed by atoms with Gasteiger partial charge in [0.1, 0.15) is 0 Å². The fourth-order valence-corrected chi connectivity index (χ4v) is 4.09. The Morgan fingerprint density at radius 3 is 2.36 bits per heavy atom. The molecular weight excluding hydrogens is 422 g/mol. The Balaban J connectivity index is 1.28. The summed E-state index contributed by atoms with van der Waals surface area (Å²) in [6.45, 7) is 1.76. The predicted octanol–water partition coefficient (Wildman–Crippen LogP) is 1.57. The Kier molecular flexibility index (Phi) is 6.99. The number of carbonyl (C=O) groups excluding carboxylic acids is 4. The number of rotatable bonds is 7. The first-order chi connectivity index (χ1) is 16.0. The molecule has 0 spiro atoms. The van der Waals surface area contributed by atoms with Gasteiger partial charge in [-0.05, 0) is 36.6 Å². The topological polar surface area (TPSA) is 111 Å². The van der Waals surface area contributed by atoms with E-state index in [1.54, 1.807) is 24.3 Å². The van der Waals surface area contributed by atoms with Gasteiger partial charge in [-0.3, -0.25) is 24.2 Å². The van der Waals surface area contributed by atoms with E-state index in [4.69, 9.17) is 0 Å². The molecule has 0 aromatic heterocycles. The zero-order chi connectivity index (χ0) is 23.2. The van der Waals surface area contributed by atoms with Crippen LogP contribution in [-0.4, -0.2) is 65.8 Å². The van der Waals surface area contributed by atoms with Crippen molar-refractivity contribution in [2.24, 2.45) is 0 Å². The molecule has 2 heterocycles. The molecule has 9 nitrogen and oxygen atoms in total. The highest BCUT2D eigenvalue weighted by molar-refractivity contribution is 6.02. The fourth-order valence-electron chi connectivity index (χ4n) is 4.09. The molecule has 4 rings (SSSR count). The minimum atomic E-state index is -0.445. The number of imide groups is 1. The van der Waals surface area contributed by atoms with Gasteiger partial charge in [-0.1, -0.05) is 36.4 Å². The SMILES string of the molecule is O=C(CN1CCC(NC(=O)c2ccccc2CN2C(=O)CNC2=O)CC1)Nc1ccccc1. The van der Waals surface area contributed by atoms with Crippen LogP contribution in [0, 0.1) is 0 Å². The lowest BCUT2D eigenvalue weighted by Crippen LogP contribution is -2.46. The number of para-hydroxylation sites is 1. The number of urea groups is 1. The number of amides is 5. The molecule has 0 bridgehead atoms. The largest absolute Gasteiger partial charge is 0.349 e. The molecule has 3 N–H and O–H groups in total. The lowest BCUT2D eigenvalue weighted by molar-refractivity contribution is -0.125. The third-order valence-corrected chi connectivity index (χ3v) is 5.88. The summed E-state index contributed by atoms with van der Waals surface area (Å²) in [5, 5.41) is 8.44. The molecule has 9 heteroatoms. The van der Waals surface area contributed by atoms with Crippen molar-refractivity contribution >= 4 is 29.4 Å². The van der Waals surface area contributed by atoms with Gasteiger partial charge >= 0.3 is 6.03 Å². The first-order valence-corrected chi connectivity index (χ1v) is 11.0. The van der Waals surface area contributed by atoms with Crippen molar-refractivity contribution in [1.82, 2.24) is 20.4 Å². The van der Waals surface area contributed by atoms with Crippen molar-refractivity contribution in [1.29, 1.82) is 0 Å². The fraction of sp³-hybridized carbons (Fsp3) is 0.333. The Hall–Kier alpha value is -3.72. The quantitative estimate of drug-likeness (QED) is 0.556. The summed E-state index contributed by atoms with van der Waals surface area (Å²) in [7, 11) is 0. The molecule has 0 radical (unpaired) electrons. The molecule has 0 atom stereocenters. The summed E-state index contributed by atoms with van der Waals surface area (Å²) in [4.78, 5) is 52.2. The monoisotopic (exact) mass is 449 g/mol. The van der Waals surface area contributed by atoms with Crippen molar-refractivity contribution in [3.63, 3.8) is 0 Å². The predicted molar refractivity (Wildman–Crippen MR) is 122 cm³/mol. The van der Waals surface area contributed by atoms with Crippen molar-refractivity contribution in [2.45, 2.75) is 25.4 Å². The summed E-state index contributed by atoms with van der Waals surface area (Å²) >= 11 is 0. The van der Waals surface area contributed by atoms with E-state index in [9.17, 15) is 19.2 Å². The van der Waals surface area contributed by atoms with E-state index in [2.05, 4.69) is 20.9 Å². The van der Waals surface area contributed by atoms with E-state index >= 15 is 0 Å². The number of nitrogens with one attached hydrogen (secondary N) is 3. The number of piperidine rings is 1. The molecular formula is C24H27N5O4. The summed E-state index contributed by atoms with van der Waals surface area (Å²) < 4.78 is 0. The second-order valence-electron chi connectivity index (χ2n) is 8.23. The van der Waals surface area contributed by atoms with E-state index in [1.165, 1.54) is 0 Å². The van der Waals surface area contributed by atoms with E-state index in [0.717, 1.165) is 23.4 Å². The first kappa shape index (κ1) is 22.5. The molecule has 2 aliphatic heterocycles. The molecule has 0 unspecified atom stereocenters. The zero-order valence-corrected chi connectivity index (χ0v) is 18.3. The summed E-state index contributed by atoms with van der Waals surface area (Å²) in [6, 6.07) is 15.9. The lowest BCUT2D eigenvalue weighted by atomic mass is 10.0. The maximum atomic E-state index is 12.9. The van der Waals surface area contributed by atoms with Crippen molar-refractivity contribution in [3.8, 4) is 0 Å². The van der Waals surface area contributed by atoms with Gasteiger partial charge in [-0.15, -0.1) is 0 Å². The third-order valence-electron chi connectivity index (χ3n) is 5.88. The number of hydrogen-bond donors (Lipinski definition) is 3. The minimum absolute atomic E-state index is 0.00397. The van der Waals surface area contributed by atoms with Gasteiger partial charge in [-0.25, -0.2) is 4.79 Å². The van der Waals surface area contributed by atoms with Crippen LogP contribution in [0.15, 0.2) is 54.6 Å². The van der Waals surface area contributed by atoms with Gasteiger partial charge < -0.3 is 16.0 Å². The maximum Gasteiger partial charge on any atom is 0.324 e. The van der Waals surface area contributed by atoms with Gasteiger partial charge in [0.15, 0.2) is 0 Å². The Labute approximate surface area is 192 Å². The van der Waals surface area contributed by atoms with E-state index in [-0.39, 0.29) is 36.9 Å². The van der Waals surface area contributed by atoms with Crippen LogP contribution in [0.1, 0.15) is 28.8 Å². The number of hydrogen-bond acceptors (Lipinski definition) is 5. The Morgan fingerprint density at radius 2 is 1.67 bits per heavy atom. The van der Waals surface area contributed by atoms with E-state index < -0.39 is 6.03 Å². The number of anilines is 1. The highest BCUT2D eigenvalue weighted by Crippen LogP contribution is 2.16. The van der Waals surface area contributed by atoms with Gasteiger partial charge in [-0.2, -0.15) is 0 Å². The van der Waals surface area contributed by atoms with Crippen LogP contribution < -0.4 is 16.0 Å². The van der Waals surface area contributed by atoms with Gasteiger partial charge in [0.25, 0.3) is 5.91 Å².